The molecule has 5 heteroatoms. The molecule has 0 radical (unpaired) electrons. The third-order valence-electron chi connectivity index (χ3n) is 5.09. The Kier molecular flexibility index (Phi) is 5.49. The summed E-state index contributed by atoms with van der Waals surface area (Å²) in [5.74, 6) is -0.277. The number of halogens is 1. The van der Waals surface area contributed by atoms with E-state index in [9.17, 15) is 9.50 Å². The maximum atomic E-state index is 13.4. The van der Waals surface area contributed by atoms with Gasteiger partial charge in [0.15, 0.2) is 0 Å². The molecule has 146 valence electrons. The standard InChI is InChI=1S/C24H22FN3O/c1-28-21(11-12-22(29)17-5-3-2-4-6-17)23(18-13-15-26-16-14-18)24(27-28)19-7-9-20(25)10-8-19/h2-10,13-16,22,29H,11-12H2,1H3. The Bertz CT molecular complexity index is 1080. The molecule has 4 aromatic rings. The number of rotatable bonds is 6. The van der Waals surface area contributed by atoms with Crippen LogP contribution in [0.1, 0.15) is 23.8 Å². The normalized spacial score (nSPS) is 12.1. The van der Waals surface area contributed by atoms with Crippen LogP contribution in [-0.4, -0.2) is 19.9 Å². The van der Waals surface area contributed by atoms with Crippen molar-refractivity contribution in [1.82, 2.24) is 14.8 Å². The number of hydrogen-bond donors (Lipinski definition) is 1. The SMILES string of the molecule is Cn1nc(-c2ccc(F)cc2)c(-c2ccncc2)c1CCC(O)c1ccccc1. The van der Waals surface area contributed by atoms with Crippen molar-refractivity contribution in [3.05, 3.63) is 96.2 Å². The van der Waals surface area contributed by atoms with Crippen molar-refractivity contribution in [2.45, 2.75) is 18.9 Å². The van der Waals surface area contributed by atoms with E-state index in [0.29, 0.717) is 12.8 Å². The third-order valence-corrected chi connectivity index (χ3v) is 5.09. The highest BCUT2D eigenvalue weighted by Gasteiger charge is 2.20. The Labute approximate surface area is 169 Å². The topological polar surface area (TPSA) is 50.9 Å². The number of pyridine rings is 1. The second-order valence-electron chi connectivity index (χ2n) is 7.00. The molecule has 0 spiro atoms. The zero-order valence-electron chi connectivity index (χ0n) is 16.2. The smallest absolute Gasteiger partial charge is 0.123 e. The first kappa shape index (κ1) is 19.0. The van der Waals surface area contributed by atoms with Crippen molar-refractivity contribution in [2.75, 3.05) is 0 Å². The molecule has 0 bridgehead atoms. The molecular formula is C24H22FN3O. The summed E-state index contributed by atoms with van der Waals surface area (Å²) in [6.45, 7) is 0. The van der Waals surface area contributed by atoms with Gasteiger partial charge in [0.05, 0.1) is 6.10 Å². The third kappa shape index (κ3) is 4.10. The minimum Gasteiger partial charge on any atom is -0.388 e. The maximum absolute atomic E-state index is 13.4. The number of benzene rings is 2. The lowest BCUT2D eigenvalue weighted by molar-refractivity contribution is 0.167. The van der Waals surface area contributed by atoms with Crippen LogP contribution in [0.2, 0.25) is 0 Å². The zero-order valence-corrected chi connectivity index (χ0v) is 16.2. The minimum absolute atomic E-state index is 0.277. The van der Waals surface area contributed by atoms with E-state index < -0.39 is 6.10 Å². The summed E-state index contributed by atoms with van der Waals surface area (Å²) >= 11 is 0. The van der Waals surface area contributed by atoms with Crippen LogP contribution in [0.3, 0.4) is 0 Å². The van der Waals surface area contributed by atoms with Gasteiger partial charge in [-0.05, 0) is 60.4 Å². The van der Waals surface area contributed by atoms with E-state index in [1.54, 1.807) is 24.5 Å². The van der Waals surface area contributed by atoms with Crippen molar-refractivity contribution in [1.29, 1.82) is 0 Å². The van der Waals surface area contributed by atoms with Crippen LogP contribution in [0.4, 0.5) is 4.39 Å². The highest BCUT2D eigenvalue weighted by molar-refractivity contribution is 5.82. The van der Waals surface area contributed by atoms with Gasteiger partial charge in [-0.25, -0.2) is 4.39 Å². The van der Waals surface area contributed by atoms with Crippen LogP contribution in [-0.2, 0) is 13.5 Å². The van der Waals surface area contributed by atoms with Crippen LogP contribution in [0.5, 0.6) is 0 Å². The molecule has 0 saturated heterocycles. The fourth-order valence-corrected chi connectivity index (χ4v) is 3.59. The summed E-state index contributed by atoms with van der Waals surface area (Å²) < 4.78 is 15.3. The molecule has 4 rings (SSSR count). The molecule has 1 N–H and O–H groups in total. The van der Waals surface area contributed by atoms with E-state index >= 15 is 0 Å². The Balaban J connectivity index is 1.72. The molecule has 29 heavy (non-hydrogen) atoms. The number of aromatic nitrogens is 3. The van der Waals surface area contributed by atoms with E-state index in [1.165, 1.54) is 12.1 Å². The molecule has 0 saturated carbocycles. The van der Waals surface area contributed by atoms with Crippen LogP contribution >= 0.6 is 0 Å². The average Bonchev–Trinajstić information content (AvgIpc) is 3.10. The number of aryl methyl sites for hydroxylation is 1. The lowest BCUT2D eigenvalue weighted by atomic mass is 9.96. The van der Waals surface area contributed by atoms with Crippen LogP contribution in [0, 0.1) is 5.82 Å². The monoisotopic (exact) mass is 387 g/mol. The predicted molar refractivity (Wildman–Crippen MR) is 112 cm³/mol. The second-order valence-corrected chi connectivity index (χ2v) is 7.00. The number of aliphatic hydroxyl groups is 1. The van der Waals surface area contributed by atoms with Crippen molar-refractivity contribution in [2.24, 2.45) is 7.05 Å². The molecule has 0 aliphatic rings. The highest BCUT2D eigenvalue weighted by atomic mass is 19.1. The summed E-state index contributed by atoms with van der Waals surface area (Å²) in [6, 6.07) is 19.9. The fourth-order valence-electron chi connectivity index (χ4n) is 3.59. The van der Waals surface area contributed by atoms with Gasteiger partial charge in [-0.1, -0.05) is 30.3 Å². The van der Waals surface area contributed by atoms with E-state index in [-0.39, 0.29) is 5.82 Å². The summed E-state index contributed by atoms with van der Waals surface area (Å²) in [4.78, 5) is 4.12. The van der Waals surface area contributed by atoms with Crippen molar-refractivity contribution < 1.29 is 9.50 Å². The summed E-state index contributed by atoms with van der Waals surface area (Å²) in [7, 11) is 1.90. The zero-order chi connectivity index (χ0) is 20.2. The van der Waals surface area contributed by atoms with Crippen LogP contribution in [0.15, 0.2) is 79.1 Å². The molecule has 0 aliphatic heterocycles. The molecule has 0 aliphatic carbocycles. The Morgan fingerprint density at radius 1 is 0.931 bits per heavy atom. The molecule has 1 atom stereocenters. The van der Waals surface area contributed by atoms with E-state index in [2.05, 4.69) is 4.98 Å². The first-order valence-electron chi connectivity index (χ1n) is 9.58. The van der Waals surface area contributed by atoms with Gasteiger partial charge in [-0.15, -0.1) is 0 Å². The Hall–Kier alpha value is -3.31. The molecular weight excluding hydrogens is 365 g/mol. The molecule has 4 nitrogen and oxygen atoms in total. The quantitative estimate of drug-likeness (QED) is 0.509. The van der Waals surface area contributed by atoms with Gasteiger partial charge in [0.1, 0.15) is 11.5 Å². The van der Waals surface area contributed by atoms with Gasteiger partial charge in [-0.2, -0.15) is 5.10 Å². The average molecular weight is 387 g/mol. The fraction of sp³-hybridized carbons (Fsp3) is 0.167. The molecule has 2 heterocycles. The van der Waals surface area contributed by atoms with Crippen LogP contribution < -0.4 is 0 Å². The highest BCUT2D eigenvalue weighted by Crippen LogP contribution is 2.35. The number of nitrogens with zero attached hydrogens (tertiary/aromatic N) is 3. The predicted octanol–water partition coefficient (Wildman–Crippen LogP) is 4.95. The largest absolute Gasteiger partial charge is 0.388 e. The maximum Gasteiger partial charge on any atom is 0.123 e. The number of hydrogen-bond acceptors (Lipinski definition) is 3. The lowest BCUT2D eigenvalue weighted by Gasteiger charge is -2.12. The minimum atomic E-state index is -0.550. The van der Waals surface area contributed by atoms with E-state index in [4.69, 9.17) is 5.10 Å². The second kappa shape index (κ2) is 8.37. The van der Waals surface area contributed by atoms with E-state index in [0.717, 1.165) is 33.6 Å². The molecule has 0 fully saturated rings. The lowest BCUT2D eigenvalue weighted by Crippen LogP contribution is -2.04. The van der Waals surface area contributed by atoms with Gasteiger partial charge in [-0.3, -0.25) is 9.67 Å². The van der Waals surface area contributed by atoms with Crippen molar-refractivity contribution in [3.63, 3.8) is 0 Å². The van der Waals surface area contributed by atoms with Crippen molar-refractivity contribution >= 4 is 0 Å². The van der Waals surface area contributed by atoms with Gasteiger partial charge in [0.2, 0.25) is 0 Å². The van der Waals surface area contributed by atoms with Gasteiger partial charge < -0.3 is 5.11 Å². The Morgan fingerprint density at radius 2 is 1.62 bits per heavy atom. The van der Waals surface area contributed by atoms with Gasteiger partial charge in [0, 0.05) is 36.3 Å². The molecule has 2 aromatic heterocycles. The summed E-state index contributed by atoms with van der Waals surface area (Å²) in [5, 5.41) is 15.3. The van der Waals surface area contributed by atoms with Gasteiger partial charge >= 0.3 is 0 Å². The summed E-state index contributed by atoms with van der Waals surface area (Å²) in [5.41, 5.74) is 5.55. The Morgan fingerprint density at radius 3 is 2.31 bits per heavy atom. The first-order chi connectivity index (χ1) is 14.1. The van der Waals surface area contributed by atoms with Crippen molar-refractivity contribution in [3.8, 4) is 22.4 Å². The first-order valence-corrected chi connectivity index (χ1v) is 9.58. The van der Waals surface area contributed by atoms with Crippen LogP contribution in [0.25, 0.3) is 22.4 Å². The van der Waals surface area contributed by atoms with Gasteiger partial charge in [0.25, 0.3) is 0 Å². The summed E-state index contributed by atoms with van der Waals surface area (Å²) in [6.07, 6.45) is 4.17. The molecule has 2 aromatic carbocycles. The van der Waals surface area contributed by atoms with E-state index in [1.807, 2.05) is 54.2 Å². The molecule has 0 amide bonds. The molecule has 1 unspecified atom stereocenters. The number of aliphatic hydroxyl groups excluding tert-OH is 1.